The van der Waals surface area contributed by atoms with Crippen LogP contribution < -0.4 is 14.9 Å². The second-order valence-corrected chi connectivity index (χ2v) is 8.70. The van der Waals surface area contributed by atoms with Gasteiger partial charge in [-0.2, -0.15) is 5.10 Å². The number of phenols is 1. The second kappa shape index (κ2) is 10.2. The Morgan fingerprint density at radius 2 is 1.97 bits per heavy atom. The van der Waals surface area contributed by atoms with Crippen molar-refractivity contribution in [1.29, 1.82) is 0 Å². The first kappa shape index (κ1) is 23.8. The average Bonchev–Trinajstić information content (AvgIpc) is 2.76. The van der Waals surface area contributed by atoms with Crippen molar-refractivity contribution in [1.82, 2.24) is 0 Å². The van der Waals surface area contributed by atoms with Crippen molar-refractivity contribution in [3.63, 3.8) is 0 Å². The molecule has 0 aromatic heterocycles. The van der Waals surface area contributed by atoms with Gasteiger partial charge in [0.1, 0.15) is 5.69 Å². The molecule has 33 heavy (non-hydrogen) atoms. The summed E-state index contributed by atoms with van der Waals surface area (Å²) in [5.41, 5.74) is 2.83. The van der Waals surface area contributed by atoms with Crippen LogP contribution in [0.2, 0.25) is 5.02 Å². The standard InChI is InChI=1S/C21H19ClN4O6S/c1-2-32-21-10-14(6-9-20(21)27)13-23-24-18-8-7-17(12-19(18)26(28)29)33(30,31)25-16-5-3-4-15(22)11-16/h3-13,24-25,27H,2H2,1H3/b23-13+. The van der Waals surface area contributed by atoms with Crippen LogP contribution in [0.3, 0.4) is 0 Å². The molecule has 0 heterocycles. The molecule has 0 aliphatic carbocycles. The lowest BCUT2D eigenvalue weighted by atomic mass is 10.2. The minimum Gasteiger partial charge on any atom is -0.504 e. The Morgan fingerprint density at radius 3 is 2.67 bits per heavy atom. The number of sulfonamides is 1. The topological polar surface area (TPSA) is 143 Å². The summed E-state index contributed by atoms with van der Waals surface area (Å²) in [6.07, 6.45) is 1.37. The van der Waals surface area contributed by atoms with E-state index < -0.39 is 20.6 Å². The van der Waals surface area contributed by atoms with Crippen LogP contribution in [0.4, 0.5) is 17.1 Å². The van der Waals surface area contributed by atoms with Gasteiger partial charge in [-0.05, 0) is 61.0 Å². The van der Waals surface area contributed by atoms with Crippen LogP contribution in [0.5, 0.6) is 11.5 Å². The van der Waals surface area contributed by atoms with Crippen molar-refractivity contribution < 1.29 is 23.2 Å². The van der Waals surface area contributed by atoms with Crippen molar-refractivity contribution in [2.45, 2.75) is 11.8 Å². The molecule has 12 heteroatoms. The van der Waals surface area contributed by atoms with Gasteiger partial charge in [-0.15, -0.1) is 0 Å². The Hall–Kier alpha value is -3.83. The molecule has 0 unspecified atom stereocenters. The highest BCUT2D eigenvalue weighted by Crippen LogP contribution is 2.29. The molecule has 10 nitrogen and oxygen atoms in total. The summed E-state index contributed by atoms with van der Waals surface area (Å²) in [6.45, 7) is 2.13. The molecule has 3 aromatic carbocycles. The fourth-order valence-electron chi connectivity index (χ4n) is 2.75. The van der Waals surface area contributed by atoms with Gasteiger partial charge in [0.15, 0.2) is 11.5 Å². The molecular formula is C21H19ClN4O6S. The van der Waals surface area contributed by atoms with Crippen molar-refractivity contribution >= 4 is 44.9 Å². The zero-order valence-electron chi connectivity index (χ0n) is 17.2. The van der Waals surface area contributed by atoms with Crippen molar-refractivity contribution in [3.8, 4) is 11.5 Å². The molecular weight excluding hydrogens is 472 g/mol. The van der Waals surface area contributed by atoms with E-state index in [1.807, 2.05) is 0 Å². The summed E-state index contributed by atoms with van der Waals surface area (Å²) in [5.74, 6) is 0.245. The van der Waals surface area contributed by atoms with E-state index in [-0.39, 0.29) is 27.8 Å². The zero-order chi connectivity index (χ0) is 24.0. The van der Waals surface area contributed by atoms with Gasteiger partial charge in [-0.3, -0.25) is 20.3 Å². The average molecular weight is 491 g/mol. The third-order valence-corrected chi connectivity index (χ3v) is 5.85. The molecule has 0 saturated carbocycles. The fraction of sp³-hybridized carbons (Fsp3) is 0.0952. The second-order valence-electron chi connectivity index (χ2n) is 6.58. The number of nitro groups is 1. The van der Waals surface area contributed by atoms with Gasteiger partial charge in [0.25, 0.3) is 15.7 Å². The van der Waals surface area contributed by atoms with Gasteiger partial charge in [0.2, 0.25) is 0 Å². The van der Waals surface area contributed by atoms with Crippen LogP contribution in [0.25, 0.3) is 0 Å². The monoisotopic (exact) mass is 490 g/mol. The minimum atomic E-state index is -4.10. The first-order valence-electron chi connectivity index (χ1n) is 9.51. The van der Waals surface area contributed by atoms with Gasteiger partial charge in [0.05, 0.1) is 28.3 Å². The zero-order valence-corrected chi connectivity index (χ0v) is 18.8. The largest absolute Gasteiger partial charge is 0.504 e. The molecule has 3 aromatic rings. The number of rotatable bonds is 9. The number of nitrogens with zero attached hydrogens (tertiary/aromatic N) is 2. The smallest absolute Gasteiger partial charge is 0.295 e. The normalized spacial score (nSPS) is 11.3. The molecule has 0 saturated heterocycles. The molecule has 3 rings (SSSR count). The van der Waals surface area contributed by atoms with E-state index in [2.05, 4.69) is 15.2 Å². The summed E-state index contributed by atoms with van der Waals surface area (Å²) >= 11 is 5.87. The lowest BCUT2D eigenvalue weighted by Crippen LogP contribution is -2.13. The number of hydrazone groups is 1. The third-order valence-electron chi connectivity index (χ3n) is 4.24. The Bertz CT molecular complexity index is 1310. The maximum atomic E-state index is 12.7. The summed E-state index contributed by atoms with van der Waals surface area (Å²) in [4.78, 5) is 10.5. The summed E-state index contributed by atoms with van der Waals surface area (Å²) in [7, 11) is -4.10. The molecule has 0 aliphatic rings. The number of phenolic OH excluding ortho intramolecular Hbond substituents is 1. The van der Waals surface area contributed by atoms with E-state index in [0.29, 0.717) is 17.2 Å². The summed E-state index contributed by atoms with van der Waals surface area (Å²) < 4.78 is 32.9. The van der Waals surface area contributed by atoms with E-state index in [9.17, 15) is 23.6 Å². The van der Waals surface area contributed by atoms with Gasteiger partial charge >= 0.3 is 0 Å². The Labute approximate surface area is 194 Å². The van der Waals surface area contributed by atoms with Crippen LogP contribution in [-0.4, -0.2) is 31.3 Å². The maximum absolute atomic E-state index is 12.7. The molecule has 0 fully saturated rings. The first-order valence-corrected chi connectivity index (χ1v) is 11.4. The summed E-state index contributed by atoms with van der Waals surface area (Å²) in [6, 6.07) is 14.0. The number of anilines is 2. The van der Waals surface area contributed by atoms with E-state index in [4.69, 9.17) is 16.3 Å². The number of ether oxygens (including phenoxy) is 1. The molecule has 0 amide bonds. The highest BCUT2D eigenvalue weighted by Gasteiger charge is 2.21. The lowest BCUT2D eigenvalue weighted by molar-refractivity contribution is -0.384. The Kier molecular flexibility index (Phi) is 7.36. The number of halogens is 1. The van der Waals surface area contributed by atoms with Crippen LogP contribution in [0.15, 0.2) is 70.7 Å². The quantitative estimate of drug-likeness (QED) is 0.226. The highest BCUT2D eigenvalue weighted by atomic mass is 35.5. The SMILES string of the molecule is CCOc1cc(/C=N/Nc2ccc(S(=O)(=O)Nc3cccc(Cl)c3)cc2[N+](=O)[O-])ccc1O. The Morgan fingerprint density at radius 1 is 1.18 bits per heavy atom. The molecule has 0 radical (unpaired) electrons. The molecule has 0 atom stereocenters. The molecule has 0 bridgehead atoms. The number of aromatic hydroxyl groups is 1. The lowest BCUT2D eigenvalue weighted by Gasteiger charge is -2.10. The maximum Gasteiger partial charge on any atom is 0.295 e. The van der Waals surface area contributed by atoms with Gasteiger partial charge in [0, 0.05) is 11.1 Å². The number of nitro benzene ring substituents is 1. The van der Waals surface area contributed by atoms with E-state index >= 15 is 0 Å². The van der Waals surface area contributed by atoms with Gasteiger partial charge in [-0.1, -0.05) is 17.7 Å². The summed E-state index contributed by atoms with van der Waals surface area (Å²) in [5, 5.41) is 25.6. The number of nitrogens with one attached hydrogen (secondary N) is 2. The fourth-order valence-corrected chi connectivity index (χ4v) is 4.01. The Balaban J connectivity index is 1.82. The van der Waals surface area contributed by atoms with E-state index in [0.717, 1.165) is 6.07 Å². The number of hydrogen-bond donors (Lipinski definition) is 3. The van der Waals surface area contributed by atoms with Gasteiger partial charge in [-0.25, -0.2) is 8.42 Å². The van der Waals surface area contributed by atoms with Crippen LogP contribution in [0.1, 0.15) is 12.5 Å². The van der Waals surface area contributed by atoms with Crippen LogP contribution in [-0.2, 0) is 10.0 Å². The predicted octanol–water partition coefficient (Wildman–Crippen LogP) is 4.60. The molecule has 0 spiro atoms. The van der Waals surface area contributed by atoms with Crippen molar-refractivity contribution in [3.05, 3.63) is 81.4 Å². The molecule has 0 aliphatic heterocycles. The van der Waals surface area contributed by atoms with Gasteiger partial charge < -0.3 is 9.84 Å². The van der Waals surface area contributed by atoms with Crippen molar-refractivity contribution in [2.24, 2.45) is 5.10 Å². The highest BCUT2D eigenvalue weighted by molar-refractivity contribution is 7.92. The number of hydrogen-bond acceptors (Lipinski definition) is 8. The number of benzene rings is 3. The van der Waals surface area contributed by atoms with Crippen LogP contribution in [0, 0.1) is 10.1 Å². The molecule has 3 N–H and O–H groups in total. The van der Waals surface area contributed by atoms with E-state index in [1.165, 1.54) is 36.5 Å². The minimum absolute atomic E-state index is 0.0123. The predicted molar refractivity (Wildman–Crippen MR) is 126 cm³/mol. The van der Waals surface area contributed by atoms with E-state index in [1.54, 1.807) is 31.2 Å². The van der Waals surface area contributed by atoms with Crippen molar-refractivity contribution in [2.75, 3.05) is 16.8 Å². The first-order chi connectivity index (χ1) is 15.7. The van der Waals surface area contributed by atoms with Crippen LogP contribution >= 0.6 is 11.6 Å². The third kappa shape index (κ3) is 6.11. The molecule has 172 valence electrons.